The van der Waals surface area contributed by atoms with Crippen molar-refractivity contribution in [3.05, 3.63) is 33.8 Å². The van der Waals surface area contributed by atoms with Crippen molar-refractivity contribution < 1.29 is 0 Å². The molecule has 1 aromatic rings. The number of benzene rings is 1. The van der Waals surface area contributed by atoms with Crippen molar-refractivity contribution in [2.24, 2.45) is 0 Å². The number of hydrogen-bond acceptors (Lipinski definition) is 1. The van der Waals surface area contributed by atoms with Crippen molar-refractivity contribution in [2.45, 2.75) is 26.2 Å². The van der Waals surface area contributed by atoms with Crippen LogP contribution in [0.1, 0.15) is 25.3 Å². The van der Waals surface area contributed by atoms with Crippen LogP contribution >= 0.6 is 23.2 Å². The minimum atomic E-state index is 0.629. The maximum Gasteiger partial charge on any atom is 0.0595 e. The smallest absolute Gasteiger partial charge is 0.0595 e. The second-order valence-corrected chi connectivity index (χ2v) is 4.42. The molecule has 0 aromatic heterocycles. The standard InChI is InChI=1S/C12H17Cl2N/c1-2-7-15-8-3-4-10-5-6-11(13)12(14)9-10/h5-6,9,15H,2-4,7-8H2,1H3. The van der Waals surface area contributed by atoms with Crippen LogP contribution < -0.4 is 5.32 Å². The molecule has 0 heterocycles. The fourth-order valence-corrected chi connectivity index (χ4v) is 1.74. The first-order chi connectivity index (χ1) is 7.24. The zero-order valence-electron chi connectivity index (χ0n) is 9.02. The lowest BCUT2D eigenvalue weighted by Gasteiger charge is -2.04. The van der Waals surface area contributed by atoms with Gasteiger partial charge in [0.1, 0.15) is 0 Å². The fraction of sp³-hybridized carbons (Fsp3) is 0.500. The zero-order chi connectivity index (χ0) is 11.1. The Bertz CT molecular complexity index is 300. The third-order valence-electron chi connectivity index (χ3n) is 2.23. The third-order valence-corrected chi connectivity index (χ3v) is 2.97. The van der Waals surface area contributed by atoms with E-state index in [1.54, 1.807) is 0 Å². The first kappa shape index (κ1) is 12.8. The Hall–Kier alpha value is -0.240. The molecule has 0 saturated heterocycles. The van der Waals surface area contributed by atoms with Crippen LogP contribution in [0.15, 0.2) is 18.2 Å². The fourth-order valence-electron chi connectivity index (χ4n) is 1.41. The molecule has 0 radical (unpaired) electrons. The molecule has 0 fully saturated rings. The van der Waals surface area contributed by atoms with E-state index in [9.17, 15) is 0 Å². The minimum absolute atomic E-state index is 0.629. The first-order valence-electron chi connectivity index (χ1n) is 5.38. The van der Waals surface area contributed by atoms with Crippen molar-refractivity contribution in [1.29, 1.82) is 0 Å². The molecular formula is C12H17Cl2N. The molecule has 0 aliphatic heterocycles. The molecule has 1 nitrogen and oxygen atoms in total. The molecule has 1 N–H and O–H groups in total. The molecular weight excluding hydrogens is 229 g/mol. The minimum Gasteiger partial charge on any atom is -0.317 e. The number of hydrogen-bond donors (Lipinski definition) is 1. The Labute approximate surface area is 102 Å². The Morgan fingerprint density at radius 2 is 1.93 bits per heavy atom. The normalized spacial score (nSPS) is 10.6. The van der Waals surface area contributed by atoms with Crippen LogP contribution in [0, 0.1) is 0 Å². The predicted octanol–water partition coefficient (Wildman–Crippen LogP) is 3.93. The Balaban J connectivity index is 2.28. The van der Waals surface area contributed by atoms with Crippen LogP contribution in [0.5, 0.6) is 0 Å². The summed E-state index contributed by atoms with van der Waals surface area (Å²) in [4.78, 5) is 0. The Morgan fingerprint density at radius 3 is 2.60 bits per heavy atom. The number of halogens is 2. The summed E-state index contributed by atoms with van der Waals surface area (Å²) in [6.07, 6.45) is 3.37. The summed E-state index contributed by atoms with van der Waals surface area (Å²) >= 11 is 11.8. The number of aryl methyl sites for hydroxylation is 1. The first-order valence-corrected chi connectivity index (χ1v) is 6.14. The highest BCUT2D eigenvalue weighted by Gasteiger charge is 1.99. The summed E-state index contributed by atoms with van der Waals surface area (Å²) in [5, 5.41) is 4.65. The van der Waals surface area contributed by atoms with Crippen LogP contribution in [-0.2, 0) is 6.42 Å². The topological polar surface area (TPSA) is 12.0 Å². The van der Waals surface area contributed by atoms with E-state index in [2.05, 4.69) is 12.2 Å². The quantitative estimate of drug-likeness (QED) is 0.750. The molecule has 3 heteroatoms. The highest BCUT2D eigenvalue weighted by atomic mass is 35.5. The van der Waals surface area contributed by atoms with Crippen molar-refractivity contribution in [3.8, 4) is 0 Å². The molecule has 0 atom stereocenters. The Morgan fingerprint density at radius 1 is 1.13 bits per heavy atom. The molecule has 0 bridgehead atoms. The summed E-state index contributed by atoms with van der Waals surface area (Å²) < 4.78 is 0. The number of nitrogens with one attached hydrogen (secondary N) is 1. The van der Waals surface area contributed by atoms with Gasteiger partial charge in [0.2, 0.25) is 0 Å². The average molecular weight is 246 g/mol. The maximum atomic E-state index is 5.93. The molecule has 0 aliphatic carbocycles. The Kier molecular flexibility index (Phi) is 6.07. The van der Waals surface area contributed by atoms with Crippen LogP contribution in [0.3, 0.4) is 0 Å². The lowest BCUT2D eigenvalue weighted by Crippen LogP contribution is -2.16. The largest absolute Gasteiger partial charge is 0.317 e. The van der Waals surface area contributed by atoms with Gasteiger partial charge >= 0.3 is 0 Å². The second kappa shape index (κ2) is 7.10. The van der Waals surface area contributed by atoms with Gasteiger partial charge in [0, 0.05) is 0 Å². The van der Waals surface area contributed by atoms with Gasteiger partial charge in [-0.05, 0) is 50.0 Å². The number of rotatable bonds is 6. The van der Waals surface area contributed by atoms with Gasteiger partial charge in [-0.1, -0.05) is 36.2 Å². The molecule has 1 rings (SSSR count). The second-order valence-electron chi connectivity index (χ2n) is 3.60. The van der Waals surface area contributed by atoms with Crippen molar-refractivity contribution in [3.63, 3.8) is 0 Å². The highest BCUT2D eigenvalue weighted by molar-refractivity contribution is 6.42. The van der Waals surface area contributed by atoms with E-state index in [1.807, 2.05) is 18.2 Å². The van der Waals surface area contributed by atoms with Gasteiger partial charge in [0.25, 0.3) is 0 Å². The van der Waals surface area contributed by atoms with Crippen molar-refractivity contribution >= 4 is 23.2 Å². The monoisotopic (exact) mass is 245 g/mol. The molecule has 15 heavy (non-hydrogen) atoms. The van der Waals surface area contributed by atoms with E-state index in [0.717, 1.165) is 25.9 Å². The van der Waals surface area contributed by atoms with Gasteiger partial charge in [-0.3, -0.25) is 0 Å². The predicted molar refractivity (Wildman–Crippen MR) is 67.9 cm³/mol. The lowest BCUT2D eigenvalue weighted by molar-refractivity contribution is 0.640. The lowest BCUT2D eigenvalue weighted by atomic mass is 10.1. The summed E-state index contributed by atoms with van der Waals surface area (Å²) in [6, 6.07) is 5.84. The van der Waals surface area contributed by atoms with E-state index in [0.29, 0.717) is 10.0 Å². The molecule has 1 aromatic carbocycles. The molecule has 0 amide bonds. The average Bonchev–Trinajstić information content (AvgIpc) is 2.23. The van der Waals surface area contributed by atoms with Crippen LogP contribution in [0.25, 0.3) is 0 Å². The molecule has 0 unspecified atom stereocenters. The van der Waals surface area contributed by atoms with Crippen LogP contribution in [0.2, 0.25) is 10.0 Å². The van der Waals surface area contributed by atoms with E-state index in [-0.39, 0.29) is 0 Å². The van der Waals surface area contributed by atoms with E-state index in [4.69, 9.17) is 23.2 Å². The van der Waals surface area contributed by atoms with Gasteiger partial charge in [-0.15, -0.1) is 0 Å². The molecule has 0 aliphatic rings. The zero-order valence-corrected chi connectivity index (χ0v) is 10.5. The van der Waals surface area contributed by atoms with Crippen LogP contribution in [-0.4, -0.2) is 13.1 Å². The summed E-state index contributed by atoms with van der Waals surface area (Å²) in [5.41, 5.74) is 1.25. The third kappa shape index (κ3) is 4.87. The molecule has 0 spiro atoms. The molecule has 0 saturated carbocycles. The maximum absolute atomic E-state index is 5.93. The van der Waals surface area contributed by atoms with Gasteiger partial charge in [0.05, 0.1) is 10.0 Å². The highest BCUT2D eigenvalue weighted by Crippen LogP contribution is 2.22. The van der Waals surface area contributed by atoms with Gasteiger partial charge in [-0.2, -0.15) is 0 Å². The van der Waals surface area contributed by atoms with E-state index in [1.165, 1.54) is 12.0 Å². The summed E-state index contributed by atoms with van der Waals surface area (Å²) in [7, 11) is 0. The van der Waals surface area contributed by atoms with E-state index >= 15 is 0 Å². The molecule has 84 valence electrons. The summed E-state index contributed by atoms with van der Waals surface area (Å²) in [6.45, 7) is 4.33. The van der Waals surface area contributed by atoms with E-state index < -0.39 is 0 Å². The van der Waals surface area contributed by atoms with Gasteiger partial charge in [0.15, 0.2) is 0 Å². The van der Waals surface area contributed by atoms with Crippen molar-refractivity contribution in [1.82, 2.24) is 5.32 Å². The SMILES string of the molecule is CCCNCCCc1ccc(Cl)c(Cl)c1. The van der Waals surface area contributed by atoms with Crippen molar-refractivity contribution in [2.75, 3.05) is 13.1 Å². The van der Waals surface area contributed by atoms with Gasteiger partial charge in [-0.25, -0.2) is 0 Å². The van der Waals surface area contributed by atoms with Gasteiger partial charge < -0.3 is 5.32 Å². The summed E-state index contributed by atoms with van der Waals surface area (Å²) in [5.74, 6) is 0. The van der Waals surface area contributed by atoms with Crippen LogP contribution in [0.4, 0.5) is 0 Å².